The summed E-state index contributed by atoms with van der Waals surface area (Å²) in [6.45, 7) is 1.78. The second-order valence-electron chi connectivity index (χ2n) is 3.90. The molecule has 0 aliphatic heterocycles. The fourth-order valence-electron chi connectivity index (χ4n) is 1.59. The van der Waals surface area contributed by atoms with Gasteiger partial charge in [0.2, 0.25) is 5.88 Å². The lowest BCUT2D eigenvalue weighted by atomic mass is 10.1. The van der Waals surface area contributed by atoms with Crippen LogP contribution in [0.3, 0.4) is 0 Å². The molecule has 0 spiro atoms. The zero-order chi connectivity index (χ0) is 13.1. The van der Waals surface area contributed by atoms with Crippen LogP contribution in [0.15, 0.2) is 36.0 Å². The van der Waals surface area contributed by atoms with E-state index in [4.69, 9.17) is 10.6 Å². The molecule has 3 N–H and O–H groups in total. The summed E-state index contributed by atoms with van der Waals surface area (Å²) in [5, 5.41) is 0. The minimum atomic E-state index is -1.48. The van der Waals surface area contributed by atoms with Crippen molar-refractivity contribution >= 4 is 5.69 Å². The summed E-state index contributed by atoms with van der Waals surface area (Å²) in [4.78, 5) is 3.92. The van der Waals surface area contributed by atoms with Gasteiger partial charge in [0.15, 0.2) is 17.8 Å². The van der Waals surface area contributed by atoms with Crippen LogP contribution < -0.4 is 16.0 Å². The van der Waals surface area contributed by atoms with E-state index in [2.05, 4.69) is 10.4 Å². The minimum Gasteiger partial charge on any atom is -0.437 e. The van der Waals surface area contributed by atoms with Gasteiger partial charge in [0.25, 0.3) is 0 Å². The van der Waals surface area contributed by atoms with Gasteiger partial charge in [-0.25, -0.2) is 13.8 Å². The third kappa shape index (κ3) is 2.48. The monoisotopic (exact) mass is 253 g/mol. The van der Waals surface area contributed by atoms with E-state index >= 15 is 0 Å². The van der Waals surface area contributed by atoms with E-state index in [1.54, 1.807) is 13.0 Å². The summed E-state index contributed by atoms with van der Waals surface area (Å²) in [7, 11) is 0. The maximum absolute atomic E-state index is 13.5. The highest BCUT2D eigenvalue weighted by Gasteiger charge is 2.22. The zero-order valence-corrected chi connectivity index (χ0v) is 9.78. The lowest BCUT2D eigenvalue weighted by Gasteiger charge is -2.16. The molecule has 0 radical (unpaired) electrons. The lowest BCUT2D eigenvalue weighted by molar-refractivity contribution is 0.252. The molecule has 6 heteroatoms. The smallest absolute Gasteiger partial charge is 0.219 e. The molecule has 1 aromatic heterocycles. The van der Waals surface area contributed by atoms with Crippen molar-refractivity contribution in [3.63, 3.8) is 0 Å². The van der Waals surface area contributed by atoms with Gasteiger partial charge in [-0.3, -0.25) is 5.84 Å². The number of alkyl halides is 1. The average molecular weight is 253 g/mol. The van der Waals surface area contributed by atoms with E-state index in [9.17, 15) is 8.78 Å². The number of aromatic nitrogens is 1. The van der Waals surface area contributed by atoms with Gasteiger partial charge in [-0.2, -0.15) is 0 Å². The second-order valence-corrected chi connectivity index (χ2v) is 3.90. The number of ether oxygens (including phenoxy) is 1. The molecule has 0 aromatic carbocycles. The number of nitrogens with one attached hydrogen (secondary N) is 1. The standard InChI is InChI=1S/C12H13F2N3O/c1-7-5-11(16-6-10(7)17-15)18-12-8(13)3-2-4-9(12)14/h2-3,5-6,9,17H,4,15H2,1H3/t9-/m1/s1. The third-order valence-electron chi connectivity index (χ3n) is 2.58. The van der Waals surface area contributed by atoms with Gasteiger partial charge in [-0.1, -0.05) is 6.08 Å². The Labute approximate surface area is 103 Å². The molecule has 0 fully saturated rings. The number of hydrogen-bond acceptors (Lipinski definition) is 4. The van der Waals surface area contributed by atoms with E-state index in [0.717, 1.165) is 5.56 Å². The van der Waals surface area contributed by atoms with Crippen LogP contribution in [0.1, 0.15) is 12.0 Å². The average Bonchev–Trinajstić information content (AvgIpc) is 2.34. The first-order valence-electron chi connectivity index (χ1n) is 5.43. The fraction of sp³-hybridized carbons (Fsp3) is 0.250. The Morgan fingerprint density at radius 1 is 1.56 bits per heavy atom. The Hall–Kier alpha value is -1.95. The highest BCUT2D eigenvalue weighted by atomic mass is 19.1. The minimum absolute atomic E-state index is 0.101. The maximum Gasteiger partial charge on any atom is 0.219 e. The first-order valence-corrected chi connectivity index (χ1v) is 5.43. The topological polar surface area (TPSA) is 60.2 Å². The molecule has 1 aliphatic rings. The molecule has 2 rings (SSSR count). The first kappa shape index (κ1) is 12.5. The third-order valence-corrected chi connectivity index (χ3v) is 2.58. The quantitative estimate of drug-likeness (QED) is 0.642. The number of aryl methyl sites for hydroxylation is 1. The van der Waals surface area contributed by atoms with Crippen LogP contribution in [0, 0.1) is 6.92 Å². The van der Waals surface area contributed by atoms with Crippen LogP contribution in [0.5, 0.6) is 5.88 Å². The number of nitrogens with zero attached hydrogens (tertiary/aromatic N) is 1. The predicted octanol–water partition coefficient (Wildman–Crippen LogP) is 2.53. The van der Waals surface area contributed by atoms with E-state index < -0.39 is 12.0 Å². The number of hydrogen-bond donors (Lipinski definition) is 2. The van der Waals surface area contributed by atoms with Crippen LogP contribution in [0.25, 0.3) is 0 Å². The first-order chi connectivity index (χ1) is 8.61. The van der Waals surface area contributed by atoms with Crippen molar-refractivity contribution in [2.45, 2.75) is 19.5 Å². The Bertz CT molecular complexity index is 514. The van der Waals surface area contributed by atoms with Gasteiger partial charge in [-0.05, 0) is 18.6 Å². The molecule has 0 saturated carbocycles. The molecule has 18 heavy (non-hydrogen) atoms. The highest BCUT2D eigenvalue weighted by Crippen LogP contribution is 2.27. The van der Waals surface area contributed by atoms with Gasteiger partial charge in [-0.15, -0.1) is 0 Å². The number of hydrazine groups is 1. The Morgan fingerprint density at radius 2 is 2.33 bits per heavy atom. The maximum atomic E-state index is 13.5. The summed E-state index contributed by atoms with van der Waals surface area (Å²) in [6, 6.07) is 1.56. The molecular weight excluding hydrogens is 240 g/mol. The summed E-state index contributed by atoms with van der Waals surface area (Å²) >= 11 is 0. The van der Waals surface area contributed by atoms with Crippen molar-refractivity contribution in [3.05, 3.63) is 41.6 Å². The van der Waals surface area contributed by atoms with Gasteiger partial charge in [0, 0.05) is 12.5 Å². The molecule has 1 aromatic rings. The van der Waals surface area contributed by atoms with Crippen LogP contribution in [-0.2, 0) is 0 Å². The van der Waals surface area contributed by atoms with Gasteiger partial charge in [0.1, 0.15) is 0 Å². The van der Waals surface area contributed by atoms with E-state index in [1.165, 1.54) is 18.3 Å². The van der Waals surface area contributed by atoms with E-state index in [0.29, 0.717) is 5.69 Å². The summed E-state index contributed by atoms with van der Waals surface area (Å²) < 4.78 is 32.1. The van der Waals surface area contributed by atoms with Crippen LogP contribution in [0.2, 0.25) is 0 Å². The number of nitrogens with two attached hydrogens (primary N) is 1. The van der Waals surface area contributed by atoms with Crippen molar-refractivity contribution in [3.8, 4) is 5.88 Å². The van der Waals surface area contributed by atoms with Crippen LogP contribution in [-0.4, -0.2) is 11.2 Å². The van der Waals surface area contributed by atoms with Crippen molar-refractivity contribution < 1.29 is 13.5 Å². The number of halogens is 2. The van der Waals surface area contributed by atoms with Crippen molar-refractivity contribution in [1.29, 1.82) is 0 Å². The number of allylic oxidation sites excluding steroid dienone is 4. The lowest BCUT2D eigenvalue weighted by Crippen LogP contribution is -2.15. The number of nitrogen functional groups attached to an aromatic ring is 1. The summed E-state index contributed by atoms with van der Waals surface area (Å²) in [6.07, 6.45) is 2.67. The molecular formula is C12H13F2N3O. The Kier molecular flexibility index (Phi) is 3.57. The summed E-state index contributed by atoms with van der Waals surface area (Å²) in [5.74, 6) is 4.34. The van der Waals surface area contributed by atoms with Gasteiger partial charge in [0.05, 0.1) is 11.9 Å². The molecule has 96 valence electrons. The largest absolute Gasteiger partial charge is 0.437 e. The van der Waals surface area contributed by atoms with Crippen LogP contribution in [0.4, 0.5) is 14.5 Å². The number of pyridine rings is 1. The number of rotatable bonds is 3. The van der Waals surface area contributed by atoms with E-state index in [-0.39, 0.29) is 18.1 Å². The van der Waals surface area contributed by atoms with E-state index in [1.807, 2.05) is 0 Å². The molecule has 1 heterocycles. The number of anilines is 1. The molecule has 0 unspecified atom stereocenters. The second kappa shape index (κ2) is 5.14. The Balaban J connectivity index is 2.24. The molecule has 1 aliphatic carbocycles. The van der Waals surface area contributed by atoms with Gasteiger partial charge >= 0.3 is 0 Å². The molecule has 1 atom stereocenters. The predicted molar refractivity (Wildman–Crippen MR) is 64.2 cm³/mol. The molecule has 0 saturated heterocycles. The zero-order valence-electron chi connectivity index (χ0n) is 9.78. The fourth-order valence-corrected chi connectivity index (χ4v) is 1.59. The molecule has 4 nitrogen and oxygen atoms in total. The van der Waals surface area contributed by atoms with Crippen molar-refractivity contribution in [2.24, 2.45) is 5.84 Å². The van der Waals surface area contributed by atoms with Gasteiger partial charge < -0.3 is 10.2 Å². The SMILES string of the molecule is Cc1cc(OC2=C(F)C=CC[C@H]2F)ncc1NN. The molecule has 0 amide bonds. The summed E-state index contributed by atoms with van der Waals surface area (Å²) in [5.41, 5.74) is 3.85. The van der Waals surface area contributed by atoms with Crippen LogP contribution >= 0.6 is 0 Å². The van der Waals surface area contributed by atoms with Crippen molar-refractivity contribution in [2.75, 3.05) is 5.43 Å². The highest BCUT2D eigenvalue weighted by molar-refractivity contribution is 5.49. The Morgan fingerprint density at radius 3 is 2.94 bits per heavy atom. The normalized spacial score (nSPS) is 19.0. The molecule has 0 bridgehead atoms. The van der Waals surface area contributed by atoms with Crippen molar-refractivity contribution in [1.82, 2.24) is 4.98 Å².